The molecule has 2 unspecified atom stereocenters. The van der Waals surface area contributed by atoms with Crippen LogP contribution in [0, 0.1) is 22.0 Å². The van der Waals surface area contributed by atoms with Crippen molar-refractivity contribution in [3.8, 4) is 0 Å². The van der Waals surface area contributed by atoms with Gasteiger partial charge in [0.1, 0.15) is 5.69 Å². The Morgan fingerprint density at radius 2 is 2.26 bits per heavy atom. The van der Waals surface area contributed by atoms with E-state index < -0.39 is 4.92 Å². The molecule has 1 saturated carbocycles. The van der Waals surface area contributed by atoms with Crippen LogP contribution in [0.25, 0.3) is 0 Å². The average Bonchev–Trinajstić information content (AvgIpc) is 2.92. The number of nitro benzene ring substituents is 1. The van der Waals surface area contributed by atoms with Gasteiger partial charge in [0.2, 0.25) is 5.91 Å². The van der Waals surface area contributed by atoms with Crippen molar-refractivity contribution in [1.29, 1.82) is 0 Å². The van der Waals surface area contributed by atoms with Gasteiger partial charge in [0.15, 0.2) is 0 Å². The molecule has 0 bridgehead atoms. The Kier molecular flexibility index (Phi) is 2.66. The first-order valence-corrected chi connectivity index (χ1v) is 6.39. The molecule has 2 atom stereocenters. The van der Waals surface area contributed by atoms with Gasteiger partial charge in [-0.15, -0.1) is 0 Å². The fourth-order valence-electron chi connectivity index (χ4n) is 2.48. The molecule has 1 fully saturated rings. The lowest BCUT2D eigenvalue weighted by atomic mass is 10.1. The largest absolute Gasteiger partial charge is 0.379 e. The zero-order valence-corrected chi connectivity index (χ0v) is 10.6. The Bertz CT molecular complexity index is 570. The third kappa shape index (κ3) is 2.25. The van der Waals surface area contributed by atoms with Crippen LogP contribution >= 0.6 is 0 Å². The van der Waals surface area contributed by atoms with E-state index in [1.165, 1.54) is 12.5 Å². The SMILES string of the molecule is CC1CC1CNc1cc2c(cc1[N+](=O)[O-])CC(=O)N2. The van der Waals surface area contributed by atoms with Gasteiger partial charge in [-0.25, -0.2) is 0 Å². The van der Waals surface area contributed by atoms with Gasteiger partial charge in [-0.3, -0.25) is 14.9 Å². The van der Waals surface area contributed by atoms with Crippen LogP contribution in [0.2, 0.25) is 0 Å². The molecule has 2 N–H and O–H groups in total. The number of amides is 1. The highest BCUT2D eigenvalue weighted by Crippen LogP contribution is 2.39. The van der Waals surface area contributed by atoms with Crippen LogP contribution in [-0.2, 0) is 11.2 Å². The monoisotopic (exact) mass is 261 g/mol. The third-order valence-corrected chi connectivity index (χ3v) is 3.87. The van der Waals surface area contributed by atoms with Crippen molar-refractivity contribution in [3.05, 3.63) is 27.8 Å². The van der Waals surface area contributed by atoms with Crippen LogP contribution in [-0.4, -0.2) is 17.4 Å². The minimum atomic E-state index is -0.401. The summed E-state index contributed by atoms with van der Waals surface area (Å²) >= 11 is 0. The predicted molar refractivity (Wildman–Crippen MR) is 71.2 cm³/mol. The lowest BCUT2D eigenvalue weighted by Gasteiger charge is -2.08. The summed E-state index contributed by atoms with van der Waals surface area (Å²) in [5.74, 6) is 1.18. The van der Waals surface area contributed by atoms with E-state index in [0.29, 0.717) is 28.8 Å². The van der Waals surface area contributed by atoms with Crippen molar-refractivity contribution in [2.75, 3.05) is 17.2 Å². The zero-order valence-electron chi connectivity index (χ0n) is 10.6. The Morgan fingerprint density at radius 3 is 2.89 bits per heavy atom. The van der Waals surface area contributed by atoms with Gasteiger partial charge in [0.05, 0.1) is 11.3 Å². The number of benzene rings is 1. The molecule has 1 aliphatic heterocycles. The molecule has 100 valence electrons. The van der Waals surface area contributed by atoms with E-state index in [2.05, 4.69) is 17.6 Å². The van der Waals surface area contributed by atoms with E-state index >= 15 is 0 Å². The number of nitro groups is 1. The summed E-state index contributed by atoms with van der Waals surface area (Å²) < 4.78 is 0. The second-order valence-corrected chi connectivity index (χ2v) is 5.36. The van der Waals surface area contributed by atoms with E-state index in [0.717, 1.165) is 6.54 Å². The van der Waals surface area contributed by atoms with Crippen LogP contribution < -0.4 is 10.6 Å². The number of nitrogens with zero attached hydrogens (tertiary/aromatic N) is 1. The third-order valence-electron chi connectivity index (χ3n) is 3.87. The molecule has 1 amide bonds. The first-order valence-electron chi connectivity index (χ1n) is 6.39. The van der Waals surface area contributed by atoms with Gasteiger partial charge in [-0.05, 0) is 29.9 Å². The Labute approximate surface area is 110 Å². The van der Waals surface area contributed by atoms with Gasteiger partial charge in [-0.2, -0.15) is 0 Å². The van der Waals surface area contributed by atoms with Gasteiger partial charge in [0, 0.05) is 18.3 Å². The summed E-state index contributed by atoms with van der Waals surface area (Å²) in [5, 5.41) is 16.9. The van der Waals surface area contributed by atoms with Crippen molar-refractivity contribution in [3.63, 3.8) is 0 Å². The molecule has 0 saturated heterocycles. The molecular weight excluding hydrogens is 246 g/mol. The summed E-state index contributed by atoms with van der Waals surface area (Å²) in [4.78, 5) is 22.0. The van der Waals surface area contributed by atoms with Crippen molar-refractivity contribution in [2.24, 2.45) is 11.8 Å². The predicted octanol–water partition coefficient (Wildman–Crippen LogP) is 2.16. The number of carbonyl (C=O) groups is 1. The van der Waals surface area contributed by atoms with Crippen molar-refractivity contribution in [2.45, 2.75) is 19.8 Å². The Morgan fingerprint density at radius 1 is 1.53 bits per heavy atom. The van der Waals surface area contributed by atoms with Crippen LogP contribution in [0.4, 0.5) is 17.1 Å². The summed E-state index contributed by atoms with van der Waals surface area (Å²) in [5.41, 5.74) is 1.91. The first kappa shape index (κ1) is 12.0. The summed E-state index contributed by atoms with van der Waals surface area (Å²) in [7, 11) is 0. The molecule has 0 aromatic heterocycles. The molecule has 1 aromatic rings. The second kappa shape index (κ2) is 4.22. The maximum Gasteiger partial charge on any atom is 0.292 e. The lowest BCUT2D eigenvalue weighted by molar-refractivity contribution is -0.384. The minimum absolute atomic E-state index is 0.0450. The van der Waals surface area contributed by atoms with E-state index in [1.54, 1.807) is 6.07 Å². The standard InChI is InChI=1S/C13H15N3O3/c1-7-2-9(7)6-14-11-5-10-8(4-13(17)15-10)3-12(11)16(18)19/h3,5,7,9,14H,2,4,6H2,1H3,(H,15,17). The molecule has 6 heteroatoms. The highest BCUT2D eigenvalue weighted by molar-refractivity contribution is 6.00. The van der Waals surface area contributed by atoms with Crippen LogP contribution in [0.1, 0.15) is 18.9 Å². The second-order valence-electron chi connectivity index (χ2n) is 5.36. The molecule has 6 nitrogen and oxygen atoms in total. The molecule has 1 heterocycles. The lowest BCUT2D eigenvalue weighted by Crippen LogP contribution is -2.07. The number of nitrogens with one attached hydrogen (secondary N) is 2. The number of fused-ring (bicyclic) bond motifs is 1. The van der Waals surface area contributed by atoms with Crippen LogP contribution in [0.3, 0.4) is 0 Å². The molecule has 2 aliphatic rings. The van der Waals surface area contributed by atoms with E-state index in [-0.39, 0.29) is 18.0 Å². The van der Waals surface area contributed by atoms with Gasteiger partial charge in [0.25, 0.3) is 5.69 Å². The number of carbonyl (C=O) groups excluding carboxylic acids is 1. The molecule has 1 aliphatic carbocycles. The van der Waals surface area contributed by atoms with E-state index in [9.17, 15) is 14.9 Å². The number of hydrogen-bond donors (Lipinski definition) is 2. The summed E-state index contributed by atoms with van der Waals surface area (Å²) in [6.45, 7) is 2.92. The van der Waals surface area contributed by atoms with Crippen LogP contribution in [0.15, 0.2) is 12.1 Å². The Hall–Kier alpha value is -2.11. The summed E-state index contributed by atoms with van der Waals surface area (Å²) in [6.07, 6.45) is 1.39. The van der Waals surface area contributed by atoms with Crippen molar-refractivity contribution < 1.29 is 9.72 Å². The van der Waals surface area contributed by atoms with Gasteiger partial charge >= 0.3 is 0 Å². The number of anilines is 2. The quantitative estimate of drug-likeness (QED) is 0.642. The number of hydrogen-bond acceptors (Lipinski definition) is 4. The normalized spacial score (nSPS) is 23.7. The molecule has 3 rings (SSSR count). The maximum absolute atomic E-state index is 11.3. The molecule has 0 radical (unpaired) electrons. The van der Waals surface area contributed by atoms with Crippen molar-refractivity contribution in [1.82, 2.24) is 0 Å². The summed E-state index contributed by atoms with van der Waals surface area (Å²) in [6, 6.07) is 3.16. The maximum atomic E-state index is 11.3. The molecule has 0 spiro atoms. The first-order chi connectivity index (χ1) is 9.04. The molecular formula is C13H15N3O3. The molecule has 1 aromatic carbocycles. The highest BCUT2D eigenvalue weighted by Gasteiger charge is 2.33. The van der Waals surface area contributed by atoms with Crippen molar-refractivity contribution >= 4 is 23.0 Å². The Balaban J connectivity index is 1.86. The number of rotatable bonds is 4. The highest BCUT2D eigenvalue weighted by atomic mass is 16.6. The van der Waals surface area contributed by atoms with E-state index in [1.807, 2.05) is 0 Å². The molecule has 19 heavy (non-hydrogen) atoms. The fraction of sp³-hybridized carbons (Fsp3) is 0.462. The van der Waals surface area contributed by atoms with Crippen LogP contribution in [0.5, 0.6) is 0 Å². The van der Waals surface area contributed by atoms with E-state index in [4.69, 9.17) is 0 Å². The smallest absolute Gasteiger partial charge is 0.292 e. The zero-order chi connectivity index (χ0) is 13.6. The minimum Gasteiger partial charge on any atom is -0.379 e. The van der Waals surface area contributed by atoms with Gasteiger partial charge < -0.3 is 10.6 Å². The average molecular weight is 261 g/mol. The fourth-order valence-corrected chi connectivity index (χ4v) is 2.48. The topological polar surface area (TPSA) is 84.3 Å². The van der Waals surface area contributed by atoms with Gasteiger partial charge in [-0.1, -0.05) is 6.92 Å².